The number of imidazole rings is 1. The molecule has 0 bridgehead atoms. The van der Waals surface area contributed by atoms with E-state index in [0.717, 1.165) is 26.2 Å². The minimum absolute atomic E-state index is 0.0360. The third kappa shape index (κ3) is 6.58. The zero-order valence-corrected chi connectivity index (χ0v) is 14.4. The summed E-state index contributed by atoms with van der Waals surface area (Å²) in [5.74, 6) is 0.647. The number of morpholine rings is 1. The van der Waals surface area contributed by atoms with Crippen molar-refractivity contribution in [3.63, 3.8) is 0 Å². The molecule has 7 nitrogen and oxygen atoms in total. The van der Waals surface area contributed by atoms with Crippen LogP contribution < -0.4 is 10.6 Å². The Morgan fingerprint density at radius 2 is 2.22 bits per heavy atom. The second-order valence-corrected chi connectivity index (χ2v) is 6.66. The van der Waals surface area contributed by atoms with Crippen LogP contribution in [0.25, 0.3) is 0 Å². The molecule has 2 amide bonds. The number of urea groups is 1. The molecule has 1 aliphatic rings. The predicted octanol–water partition coefficient (Wildman–Crippen LogP) is 0.928. The van der Waals surface area contributed by atoms with E-state index < -0.39 is 0 Å². The number of nitrogens with zero attached hydrogens (tertiary/aromatic N) is 3. The van der Waals surface area contributed by atoms with Crippen molar-refractivity contribution in [3.05, 3.63) is 18.7 Å². The molecule has 2 rings (SSSR count). The Morgan fingerprint density at radius 3 is 2.91 bits per heavy atom. The first kappa shape index (κ1) is 17.7. The summed E-state index contributed by atoms with van der Waals surface area (Å²) in [6, 6.07) is -0.115. The van der Waals surface area contributed by atoms with E-state index in [4.69, 9.17) is 4.74 Å². The zero-order chi connectivity index (χ0) is 16.7. The average Bonchev–Trinajstić information content (AvgIpc) is 2.97. The Kier molecular flexibility index (Phi) is 6.85. The first-order valence-corrected chi connectivity index (χ1v) is 8.37. The average molecular weight is 323 g/mol. The van der Waals surface area contributed by atoms with E-state index in [1.807, 2.05) is 17.7 Å². The van der Waals surface area contributed by atoms with Gasteiger partial charge in [0.25, 0.3) is 0 Å². The van der Waals surface area contributed by atoms with E-state index in [-0.39, 0.29) is 18.2 Å². The van der Waals surface area contributed by atoms with Crippen LogP contribution in [0.4, 0.5) is 4.79 Å². The fourth-order valence-corrected chi connectivity index (χ4v) is 2.82. The second kappa shape index (κ2) is 8.88. The summed E-state index contributed by atoms with van der Waals surface area (Å²) in [5.41, 5.74) is 0. The van der Waals surface area contributed by atoms with Gasteiger partial charge in [0.15, 0.2) is 0 Å². The molecule has 1 aromatic heterocycles. The Labute approximate surface area is 138 Å². The molecule has 1 fully saturated rings. The van der Waals surface area contributed by atoms with Crippen LogP contribution in [-0.2, 0) is 11.3 Å². The predicted molar refractivity (Wildman–Crippen MR) is 89.2 cm³/mol. The topological polar surface area (TPSA) is 71.4 Å². The molecule has 0 aromatic carbocycles. The highest BCUT2D eigenvalue weighted by atomic mass is 16.5. The fourth-order valence-electron chi connectivity index (χ4n) is 2.82. The van der Waals surface area contributed by atoms with Gasteiger partial charge in [-0.3, -0.25) is 4.90 Å². The van der Waals surface area contributed by atoms with E-state index in [2.05, 4.69) is 34.4 Å². The number of nitrogens with one attached hydrogen (secondary N) is 2. The third-order valence-corrected chi connectivity index (χ3v) is 3.76. The number of amides is 2. The molecule has 23 heavy (non-hydrogen) atoms. The van der Waals surface area contributed by atoms with Crippen molar-refractivity contribution in [1.82, 2.24) is 25.1 Å². The van der Waals surface area contributed by atoms with Gasteiger partial charge >= 0.3 is 6.03 Å². The van der Waals surface area contributed by atoms with E-state index in [9.17, 15) is 4.79 Å². The van der Waals surface area contributed by atoms with Crippen molar-refractivity contribution in [1.29, 1.82) is 0 Å². The minimum Gasteiger partial charge on any atom is -0.374 e. The summed E-state index contributed by atoms with van der Waals surface area (Å²) in [4.78, 5) is 18.4. The molecule has 0 aliphatic carbocycles. The standard InChI is InChI=1S/C16H29N5O2/c1-13(2)9-20-6-7-23-15(11-20)8-18-16(22)19-14(3)10-21-5-4-17-12-21/h4-5,12-15H,6-11H2,1-3H3,(H2,18,19,22)/t14-,15-/m1/s1. The van der Waals surface area contributed by atoms with Crippen LogP contribution in [0, 0.1) is 5.92 Å². The lowest BCUT2D eigenvalue weighted by Crippen LogP contribution is -2.50. The number of aromatic nitrogens is 2. The molecule has 130 valence electrons. The third-order valence-electron chi connectivity index (χ3n) is 3.76. The quantitative estimate of drug-likeness (QED) is 0.783. The van der Waals surface area contributed by atoms with Gasteiger partial charge < -0.3 is 19.9 Å². The van der Waals surface area contributed by atoms with Gasteiger partial charge in [0.05, 0.1) is 19.0 Å². The lowest BCUT2D eigenvalue weighted by Gasteiger charge is -2.34. The zero-order valence-electron chi connectivity index (χ0n) is 14.4. The van der Waals surface area contributed by atoms with Crippen LogP contribution in [0.2, 0.25) is 0 Å². The smallest absolute Gasteiger partial charge is 0.315 e. The van der Waals surface area contributed by atoms with Gasteiger partial charge in [-0.15, -0.1) is 0 Å². The molecule has 0 radical (unpaired) electrons. The molecule has 2 heterocycles. The molecule has 0 saturated carbocycles. The highest BCUT2D eigenvalue weighted by Gasteiger charge is 2.21. The van der Waals surface area contributed by atoms with E-state index >= 15 is 0 Å². The minimum atomic E-state index is -0.151. The van der Waals surface area contributed by atoms with E-state index in [1.54, 1.807) is 12.5 Å². The normalized spacial score (nSPS) is 20.4. The summed E-state index contributed by atoms with van der Waals surface area (Å²) in [6.45, 7) is 11.3. The van der Waals surface area contributed by atoms with Crippen molar-refractivity contribution in [2.75, 3.05) is 32.8 Å². The Balaban J connectivity index is 1.65. The number of hydrogen-bond acceptors (Lipinski definition) is 4. The van der Waals surface area contributed by atoms with Crippen LogP contribution >= 0.6 is 0 Å². The van der Waals surface area contributed by atoms with Gasteiger partial charge in [0, 0.05) is 51.2 Å². The van der Waals surface area contributed by atoms with Crippen molar-refractivity contribution in [3.8, 4) is 0 Å². The molecule has 0 spiro atoms. The summed E-state index contributed by atoms with van der Waals surface area (Å²) in [5, 5.41) is 5.84. The Bertz CT molecular complexity index is 463. The molecule has 7 heteroatoms. The number of ether oxygens (including phenoxy) is 1. The van der Waals surface area contributed by atoms with Crippen molar-refractivity contribution in [2.45, 2.75) is 39.5 Å². The maximum absolute atomic E-state index is 12.0. The van der Waals surface area contributed by atoms with E-state index in [1.165, 1.54) is 0 Å². The van der Waals surface area contributed by atoms with Crippen LogP contribution in [0.1, 0.15) is 20.8 Å². The van der Waals surface area contributed by atoms with Gasteiger partial charge in [-0.25, -0.2) is 9.78 Å². The maximum atomic E-state index is 12.0. The Morgan fingerprint density at radius 1 is 1.39 bits per heavy atom. The fraction of sp³-hybridized carbons (Fsp3) is 0.750. The molecule has 2 atom stereocenters. The van der Waals surface area contributed by atoms with Crippen LogP contribution in [0.3, 0.4) is 0 Å². The number of carbonyl (C=O) groups is 1. The molecular formula is C16H29N5O2. The maximum Gasteiger partial charge on any atom is 0.315 e. The summed E-state index contributed by atoms with van der Waals surface area (Å²) in [6.07, 6.45) is 5.43. The van der Waals surface area contributed by atoms with Gasteiger partial charge in [0.1, 0.15) is 0 Å². The molecule has 1 aliphatic heterocycles. The first-order chi connectivity index (χ1) is 11.0. The molecule has 0 unspecified atom stereocenters. The SMILES string of the molecule is CC(C)CN1CCO[C@H](CNC(=O)N[C@H](C)Cn2ccnc2)C1. The van der Waals surface area contributed by atoms with E-state index in [0.29, 0.717) is 19.0 Å². The number of rotatable bonds is 7. The Hall–Kier alpha value is -1.60. The van der Waals surface area contributed by atoms with Crippen LogP contribution in [0.15, 0.2) is 18.7 Å². The van der Waals surface area contributed by atoms with Crippen molar-refractivity contribution < 1.29 is 9.53 Å². The molecule has 1 saturated heterocycles. The number of carbonyl (C=O) groups excluding carboxylic acids is 1. The monoisotopic (exact) mass is 323 g/mol. The lowest BCUT2D eigenvalue weighted by molar-refractivity contribution is -0.0290. The van der Waals surface area contributed by atoms with Gasteiger partial charge in [-0.2, -0.15) is 0 Å². The largest absolute Gasteiger partial charge is 0.374 e. The van der Waals surface area contributed by atoms with Crippen molar-refractivity contribution >= 4 is 6.03 Å². The first-order valence-electron chi connectivity index (χ1n) is 8.37. The molecular weight excluding hydrogens is 294 g/mol. The molecule has 1 aromatic rings. The van der Waals surface area contributed by atoms with Crippen LogP contribution in [0.5, 0.6) is 0 Å². The van der Waals surface area contributed by atoms with Gasteiger partial charge in [-0.05, 0) is 12.8 Å². The van der Waals surface area contributed by atoms with Gasteiger partial charge in [0.2, 0.25) is 0 Å². The molecule has 2 N–H and O–H groups in total. The summed E-state index contributed by atoms with van der Waals surface area (Å²) >= 11 is 0. The number of hydrogen-bond donors (Lipinski definition) is 2. The second-order valence-electron chi connectivity index (χ2n) is 6.66. The lowest BCUT2D eigenvalue weighted by atomic mass is 10.2. The summed E-state index contributed by atoms with van der Waals surface area (Å²) < 4.78 is 7.68. The summed E-state index contributed by atoms with van der Waals surface area (Å²) in [7, 11) is 0. The highest BCUT2D eigenvalue weighted by molar-refractivity contribution is 5.74. The van der Waals surface area contributed by atoms with Crippen LogP contribution in [-0.4, -0.2) is 65.4 Å². The highest BCUT2D eigenvalue weighted by Crippen LogP contribution is 2.07. The van der Waals surface area contributed by atoms with Crippen molar-refractivity contribution in [2.24, 2.45) is 5.92 Å². The van der Waals surface area contributed by atoms with Gasteiger partial charge in [-0.1, -0.05) is 13.8 Å².